The molecule has 2 nitrogen and oxygen atoms in total. The summed E-state index contributed by atoms with van der Waals surface area (Å²) in [6, 6.07) is 0.645. The van der Waals surface area contributed by atoms with Gasteiger partial charge < -0.3 is 10.2 Å². The first kappa shape index (κ1) is 10.0. The molecule has 0 amide bonds. The van der Waals surface area contributed by atoms with Gasteiger partial charge in [0.2, 0.25) is 0 Å². The van der Waals surface area contributed by atoms with Crippen LogP contribution in [0.2, 0.25) is 0 Å². The maximum absolute atomic E-state index is 3.56. The van der Waals surface area contributed by atoms with Crippen molar-refractivity contribution in [3.05, 3.63) is 0 Å². The first-order chi connectivity index (χ1) is 5.53. The van der Waals surface area contributed by atoms with Crippen molar-refractivity contribution in [2.45, 2.75) is 33.7 Å². The molecule has 0 radical (unpaired) electrons. The molecule has 0 spiro atoms. The summed E-state index contributed by atoms with van der Waals surface area (Å²) in [5.74, 6) is 0. The normalized spacial score (nSPS) is 31.5. The van der Waals surface area contributed by atoms with E-state index in [9.17, 15) is 0 Å². The molecule has 1 atom stereocenters. The van der Waals surface area contributed by atoms with Crippen molar-refractivity contribution in [2.24, 2.45) is 5.41 Å². The molecule has 12 heavy (non-hydrogen) atoms. The molecule has 0 bridgehead atoms. The zero-order valence-corrected chi connectivity index (χ0v) is 8.85. The van der Waals surface area contributed by atoms with Gasteiger partial charge in [0.1, 0.15) is 0 Å². The minimum absolute atomic E-state index is 0.431. The van der Waals surface area contributed by atoms with Crippen LogP contribution in [0.4, 0.5) is 0 Å². The summed E-state index contributed by atoms with van der Waals surface area (Å²) in [5.41, 5.74) is 0.431. The molecule has 1 unspecified atom stereocenters. The third-order valence-corrected chi connectivity index (χ3v) is 2.56. The van der Waals surface area contributed by atoms with E-state index in [2.05, 4.69) is 37.9 Å². The molecule has 1 N–H and O–H groups in total. The zero-order chi connectivity index (χ0) is 9.19. The van der Waals surface area contributed by atoms with E-state index >= 15 is 0 Å². The van der Waals surface area contributed by atoms with E-state index in [1.807, 2.05) is 0 Å². The second-order valence-corrected chi connectivity index (χ2v) is 4.77. The highest BCUT2D eigenvalue weighted by Crippen LogP contribution is 2.18. The maximum atomic E-state index is 3.56. The highest BCUT2D eigenvalue weighted by Gasteiger charge is 2.25. The van der Waals surface area contributed by atoms with Gasteiger partial charge in [-0.15, -0.1) is 0 Å². The Morgan fingerprint density at radius 3 is 2.75 bits per heavy atom. The monoisotopic (exact) mass is 170 g/mol. The van der Waals surface area contributed by atoms with Gasteiger partial charge >= 0.3 is 0 Å². The third-order valence-electron chi connectivity index (χ3n) is 2.56. The van der Waals surface area contributed by atoms with Crippen LogP contribution < -0.4 is 5.32 Å². The summed E-state index contributed by atoms with van der Waals surface area (Å²) >= 11 is 0. The average Bonchev–Trinajstić information content (AvgIpc) is 2.10. The standard InChI is InChI=1S/C10H22N2/c1-5-12-6-9(2)11-7-10(3,4)8-12/h9,11H,5-8H2,1-4H3. The van der Waals surface area contributed by atoms with E-state index < -0.39 is 0 Å². The number of nitrogens with zero attached hydrogens (tertiary/aromatic N) is 1. The van der Waals surface area contributed by atoms with Gasteiger partial charge in [0.15, 0.2) is 0 Å². The van der Waals surface area contributed by atoms with Crippen molar-refractivity contribution in [1.29, 1.82) is 0 Å². The molecule has 0 aromatic rings. The first-order valence-corrected chi connectivity index (χ1v) is 4.99. The Hall–Kier alpha value is -0.0800. The molecular weight excluding hydrogens is 148 g/mol. The lowest BCUT2D eigenvalue weighted by molar-refractivity contribution is 0.211. The second kappa shape index (κ2) is 3.75. The molecule has 0 aromatic heterocycles. The van der Waals surface area contributed by atoms with Gasteiger partial charge in [-0.3, -0.25) is 0 Å². The number of nitrogens with one attached hydrogen (secondary N) is 1. The van der Waals surface area contributed by atoms with Crippen molar-refractivity contribution in [2.75, 3.05) is 26.2 Å². The van der Waals surface area contributed by atoms with Crippen molar-refractivity contribution in [3.8, 4) is 0 Å². The number of rotatable bonds is 1. The molecule has 1 aliphatic heterocycles. The third kappa shape index (κ3) is 2.76. The van der Waals surface area contributed by atoms with Crippen LogP contribution in [0.15, 0.2) is 0 Å². The summed E-state index contributed by atoms with van der Waals surface area (Å²) in [6.45, 7) is 13.9. The zero-order valence-electron chi connectivity index (χ0n) is 8.85. The van der Waals surface area contributed by atoms with E-state index in [4.69, 9.17) is 0 Å². The van der Waals surface area contributed by atoms with Gasteiger partial charge in [0.05, 0.1) is 0 Å². The molecule has 72 valence electrons. The van der Waals surface area contributed by atoms with E-state index in [1.54, 1.807) is 0 Å². The highest BCUT2D eigenvalue weighted by molar-refractivity contribution is 4.83. The molecule has 1 saturated heterocycles. The fraction of sp³-hybridized carbons (Fsp3) is 1.00. The molecule has 0 aromatic carbocycles. The molecule has 1 heterocycles. The Labute approximate surface area is 76.3 Å². The molecular formula is C10H22N2. The lowest BCUT2D eigenvalue weighted by atomic mass is 9.93. The van der Waals surface area contributed by atoms with Crippen molar-refractivity contribution >= 4 is 0 Å². The van der Waals surface area contributed by atoms with Crippen LogP contribution in [0.3, 0.4) is 0 Å². The molecule has 1 aliphatic rings. The van der Waals surface area contributed by atoms with Gasteiger partial charge in [-0.1, -0.05) is 20.8 Å². The van der Waals surface area contributed by atoms with Crippen LogP contribution in [-0.2, 0) is 0 Å². The van der Waals surface area contributed by atoms with Crippen LogP contribution in [0.5, 0.6) is 0 Å². The van der Waals surface area contributed by atoms with Gasteiger partial charge in [-0.05, 0) is 18.9 Å². The predicted octanol–water partition coefficient (Wildman–Crippen LogP) is 1.33. The summed E-state index contributed by atoms with van der Waals surface area (Å²) in [4.78, 5) is 2.53. The quantitative estimate of drug-likeness (QED) is 0.638. The van der Waals surface area contributed by atoms with Crippen molar-refractivity contribution in [3.63, 3.8) is 0 Å². The molecule has 0 aliphatic carbocycles. The van der Waals surface area contributed by atoms with Crippen LogP contribution >= 0.6 is 0 Å². The van der Waals surface area contributed by atoms with Crippen LogP contribution in [0.25, 0.3) is 0 Å². The Morgan fingerprint density at radius 2 is 2.17 bits per heavy atom. The lowest BCUT2D eigenvalue weighted by Gasteiger charge is -2.27. The van der Waals surface area contributed by atoms with Crippen LogP contribution in [0, 0.1) is 5.41 Å². The second-order valence-electron chi connectivity index (χ2n) is 4.77. The van der Waals surface area contributed by atoms with Crippen LogP contribution in [-0.4, -0.2) is 37.1 Å². The van der Waals surface area contributed by atoms with Gasteiger partial charge in [-0.25, -0.2) is 0 Å². The van der Waals surface area contributed by atoms with Gasteiger partial charge in [-0.2, -0.15) is 0 Å². The summed E-state index contributed by atoms with van der Waals surface area (Å²) < 4.78 is 0. The smallest absolute Gasteiger partial charge is 0.0166 e. The van der Waals surface area contributed by atoms with E-state index in [0.717, 1.165) is 6.54 Å². The Kier molecular flexibility index (Phi) is 3.13. The number of hydrogen-bond donors (Lipinski definition) is 1. The largest absolute Gasteiger partial charge is 0.312 e. The summed E-state index contributed by atoms with van der Waals surface area (Å²) in [7, 11) is 0. The summed E-state index contributed by atoms with van der Waals surface area (Å²) in [6.07, 6.45) is 0. The molecule has 1 rings (SSSR count). The van der Waals surface area contributed by atoms with E-state index in [0.29, 0.717) is 11.5 Å². The Bertz CT molecular complexity index is 143. The van der Waals surface area contributed by atoms with E-state index in [1.165, 1.54) is 19.6 Å². The van der Waals surface area contributed by atoms with Gasteiger partial charge in [0.25, 0.3) is 0 Å². The molecule has 2 heteroatoms. The Balaban J connectivity index is 2.56. The fourth-order valence-corrected chi connectivity index (χ4v) is 1.87. The molecule has 0 saturated carbocycles. The first-order valence-electron chi connectivity index (χ1n) is 4.99. The maximum Gasteiger partial charge on any atom is 0.0166 e. The van der Waals surface area contributed by atoms with Crippen molar-refractivity contribution in [1.82, 2.24) is 10.2 Å². The number of hydrogen-bond acceptors (Lipinski definition) is 2. The SMILES string of the molecule is CCN1CC(C)NCC(C)(C)C1. The predicted molar refractivity (Wildman–Crippen MR) is 53.4 cm³/mol. The lowest BCUT2D eigenvalue weighted by Crippen LogP contribution is -2.35. The average molecular weight is 170 g/mol. The Morgan fingerprint density at radius 1 is 1.50 bits per heavy atom. The minimum Gasteiger partial charge on any atom is -0.312 e. The molecule has 1 fully saturated rings. The minimum atomic E-state index is 0.431. The topological polar surface area (TPSA) is 15.3 Å². The number of likely N-dealkylation sites (N-methyl/N-ethyl adjacent to an activating group) is 1. The van der Waals surface area contributed by atoms with Crippen molar-refractivity contribution < 1.29 is 0 Å². The van der Waals surface area contributed by atoms with E-state index in [-0.39, 0.29) is 0 Å². The van der Waals surface area contributed by atoms with Gasteiger partial charge in [0, 0.05) is 25.7 Å². The highest BCUT2D eigenvalue weighted by atomic mass is 15.2. The summed E-state index contributed by atoms with van der Waals surface area (Å²) in [5, 5.41) is 3.56. The van der Waals surface area contributed by atoms with Crippen LogP contribution in [0.1, 0.15) is 27.7 Å². The fourth-order valence-electron chi connectivity index (χ4n) is 1.87.